The standard InChI is InChI=1S/C14H14N2O3/c17-12-7-16(8-13(12)18)14(19)11-6-5-9-3-1-2-4-10(9)15-11/h1-6,12-13,17-18H,7-8H2. The average Bonchev–Trinajstić information content (AvgIpc) is 2.77. The van der Waals surface area contributed by atoms with Crippen LogP contribution in [-0.4, -0.2) is 51.3 Å². The number of nitrogens with zero attached hydrogens (tertiary/aromatic N) is 2. The molecule has 1 aliphatic rings. The largest absolute Gasteiger partial charge is 0.388 e. The van der Waals surface area contributed by atoms with Crippen LogP contribution in [0.2, 0.25) is 0 Å². The minimum Gasteiger partial charge on any atom is -0.388 e. The van der Waals surface area contributed by atoms with Crippen LogP contribution in [0.25, 0.3) is 10.9 Å². The molecule has 0 spiro atoms. The van der Waals surface area contributed by atoms with E-state index in [1.165, 1.54) is 4.90 Å². The van der Waals surface area contributed by atoms with Gasteiger partial charge in [-0.25, -0.2) is 4.98 Å². The molecule has 3 rings (SSSR count). The first-order valence-corrected chi connectivity index (χ1v) is 6.16. The third kappa shape index (κ3) is 2.18. The molecule has 1 aromatic heterocycles. The monoisotopic (exact) mass is 258 g/mol. The molecular formula is C14H14N2O3. The lowest BCUT2D eigenvalue weighted by atomic mass is 10.2. The second-order valence-corrected chi connectivity index (χ2v) is 4.73. The summed E-state index contributed by atoms with van der Waals surface area (Å²) in [4.78, 5) is 18.0. The van der Waals surface area contributed by atoms with E-state index in [1.54, 1.807) is 6.07 Å². The van der Waals surface area contributed by atoms with E-state index in [0.29, 0.717) is 5.69 Å². The van der Waals surface area contributed by atoms with Gasteiger partial charge in [-0.3, -0.25) is 4.79 Å². The summed E-state index contributed by atoms with van der Waals surface area (Å²) in [5, 5.41) is 19.9. The smallest absolute Gasteiger partial charge is 0.272 e. The molecule has 5 heteroatoms. The van der Waals surface area contributed by atoms with Crippen molar-refractivity contribution in [3.05, 3.63) is 42.1 Å². The molecule has 19 heavy (non-hydrogen) atoms. The fourth-order valence-corrected chi connectivity index (χ4v) is 2.28. The van der Waals surface area contributed by atoms with E-state index in [2.05, 4.69) is 4.98 Å². The first-order chi connectivity index (χ1) is 9.15. The van der Waals surface area contributed by atoms with E-state index in [4.69, 9.17) is 0 Å². The molecule has 0 aliphatic carbocycles. The Bertz CT molecular complexity index is 619. The Hall–Kier alpha value is -1.98. The average molecular weight is 258 g/mol. The lowest BCUT2D eigenvalue weighted by Crippen LogP contribution is -2.30. The van der Waals surface area contributed by atoms with Crippen molar-refractivity contribution < 1.29 is 15.0 Å². The van der Waals surface area contributed by atoms with E-state index in [0.717, 1.165) is 10.9 Å². The summed E-state index contributed by atoms with van der Waals surface area (Å²) in [5.41, 5.74) is 1.09. The third-order valence-electron chi connectivity index (χ3n) is 3.36. The quantitative estimate of drug-likeness (QED) is 0.777. The highest BCUT2D eigenvalue weighted by Crippen LogP contribution is 2.16. The number of carbonyl (C=O) groups is 1. The number of carbonyl (C=O) groups excluding carboxylic acids is 1. The van der Waals surface area contributed by atoms with Crippen molar-refractivity contribution in [1.82, 2.24) is 9.88 Å². The lowest BCUT2D eigenvalue weighted by molar-refractivity contribution is 0.0572. The molecule has 1 fully saturated rings. The molecule has 1 aromatic carbocycles. The van der Waals surface area contributed by atoms with Crippen molar-refractivity contribution in [1.29, 1.82) is 0 Å². The van der Waals surface area contributed by atoms with E-state index in [9.17, 15) is 15.0 Å². The maximum atomic E-state index is 12.2. The van der Waals surface area contributed by atoms with Gasteiger partial charge in [0.25, 0.3) is 5.91 Å². The van der Waals surface area contributed by atoms with Gasteiger partial charge in [-0.05, 0) is 12.1 Å². The highest BCUT2D eigenvalue weighted by molar-refractivity contribution is 5.95. The number of hydrogen-bond acceptors (Lipinski definition) is 4. The van der Waals surface area contributed by atoms with Crippen LogP contribution < -0.4 is 0 Å². The van der Waals surface area contributed by atoms with Gasteiger partial charge in [0, 0.05) is 18.5 Å². The molecule has 1 aliphatic heterocycles. The first-order valence-electron chi connectivity index (χ1n) is 6.16. The van der Waals surface area contributed by atoms with Gasteiger partial charge in [0.2, 0.25) is 0 Å². The maximum absolute atomic E-state index is 12.2. The van der Waals surface area contributed by atoms with E-state index in [1.807, 2.05) is 30.3 Å². The number of β-amino-alcohol motifs (C(OH)–C–C–N with tert-alkyl or cyclic N) is 2. The molecule has 5 nitrogen and oxygen atoms in total. The Labute approximate surface area is 110 Å². The molecular weight excluding hydrogens is 244 g/mol. The maximum Gasteiger partial charge on any atom is 0.272 e. The van der Waals surface area contributed by atoms with Gasteiger partial charge < -0.3 is 15.1 Å². The fraction of sp³-hybridized carbons (Fsp3) is 0.286. The molecule has 0 radical (unpaired) electrons. The van der Waals surface area contributed by atoms with E-state index < -0.39 is 12.2 Å². The molecule has 1 amide bonds. The molecule has 2 heterocycles. The zero-order valence-corrected chi connectivity index (χ0v) is 10.2. The van der Waals surface area contributed by atoms with Crippen molar-refractivity contribution in [2.45, 2.75) is 12.2 Å². The van der Waals surface area contributed by atoms with Gasteiger partial charge in [-0.15, -0.1) is 0 Å². The van der Waals surface area contributed by atoms with Crippen LogP contribution in [0, 0.1) is 0 Å². The number of aliphatic hydroxyl groups is 2. The molecule has 1 saturated heterocycles. The summed E-state index contributed by atoms with van der Waals surface area (Å²) in [6, 6.07) is 11.1. The molecule has 98 valence electrons. The normalized spacial score (nSPS) is 22.9. The predicted octanol–water partition coefficient (Wildman–Crippen LogP) is 0.412. The van der Waals surface area contributed by atoms with E-state index in [-0.39, 0.29) is 19.0 Å². The van der Waals surface area contributed by atoms with Gasteiger partial charge in [0.15, 0.2) is 0 Å². The summed E-state index contributed by atoms with van der Waals surface area (Å²) in [6.45, 7) is 0.295. The summed E-state index contributed by atoms with van der Waals surface area (Å²) in [5.74, 6) is -0.263. The second kappa shape index (κ2) is 4.60. The van der Waals surface area contributed by atoms with Crippen molar-refractivity contribution >= 4 is 16.8 Å². The van der Waals surface area contributed by atoms with Crippen molar-refractivity contribution in [2.24, 2.45) is 0 Å². The summed E-state index contributed by atoms with van der Waals surface area (Å²) in [7, 11) is 0. The number of aromatic nitrogens is 1. The van der Waals surface area contributed by atoms with Crippen molar-refractivity contribution in [3.63, 3.8) is 0 Å². The van der Waals surface area contributed by atoms with Gasteiger partial charge in [0.05, 0.1) is 17.7 Å². The summed E-state index contributed by atoms with van der Waals surface area (Å²) >= 11 is 0. The van der Waals surface area contributed by atoms with Crippen LogP contribution in [0.3, 0.4) is 0 Å². The predicted molar refractivity (Wildman–Crippen MR) is 69.7 cm³/mol. The molecule has 2 unspecified atom stereocenters. The zero-order valence-electron chi connectivity index (χ0n) is 10.2. The number of fused-ring (bicyclic) bond motifs is 1. The number of pyridine rings is 1. The van der Waals surface area contributed by atoms with Crippen LogP contribution in [0.4, 0.5) is 0 Å². The van der Waals surface area contributed by atoms with Gasteiger partial charge in [-0.1, -0.05) is 24.3 Å². The van der Waals surface area contributed by atoms with Crippen LogP contribution in [0.1, 0.15) is 10.5 Å². The van der Waals surface area contributed by atoms with E-state index >= 15 is 0 Å². The molecule has 2 atom stereocenters. The Balaban J connectivity index is 1.90. The zero-order chi connectivity index (χ0) is 13.4. The Morgan fingerprint density at radius 3 is 2.53 bits per heavy atom. The Kier molecular flexibility index (Phi) is 2.93. The number of likely N-dealkylation sites (tertiary alicyclic amines) is 1. The number of hydrogen-bond donors (Lipinski definition) is 2. The Morgan fingerprint density at radius 2 is 1.79 bits per heavy atom. The molecule has 2 aromatic rings. The highest BCUT2D eigenvalue weighted by atomic mass is 16.3. The fourth-order valence-electron chi connectivity index (χ4n) is 2.28. The third-order valence-corrected chi connectivity index (χ3v) is 3.36. The number of amides is 1. The minimum atomic E-state index is -0.871. The first kappa shape index (κ1) is 12.1. The topological polar surface area (TPSA) is 73.7 Å². The summed E-state index contributed by atoms with van der Waals surface area (Å²) < 4.78 is 0. The van der Waals surface area contributed by atoms with Crippen LogP contribution in [0.15, 0.2) is 36.4 Å². The van der Waals surface area contributed by atoms with Crippen LogP contribution in [-0.2, 0) is 0 Å². The van der Waals surface area contributed by atoms with Crippen LogP contribution >= 0.6 is 0 Å². The second-order valence-electron chi connectivity index (χ2n) is 4.73. The van der Waals surface area contributed by atoms with Crippen molar-refractivity contribution in [3.8, 4) is 0 Å². The molecule has 0 bridgehead atoms. The number of para-hydroxylation sites is 1. The number of benzene rings is 1. The van der Waals surface area contributed by atoms with Crippen LogP contribution in [0.5, 0.6) is 0 Å². The SMILES string of the molecule is O=C(c1ccc2ccccc2n1)N1CC(O)C(O)C1. The number of aliphatic hydroxyl groups excluding tert-OH is 2. The minimum absolute atomic E-state index is 0.147. The van der Waals surface area contributed by atoms with Gasteiger partial charge in [-0.2, -0.15) is 0 Å². The van der Waals surface area contributed by atoms with Gasteiger partial charge >= 0.3 is 0 Å². The summed E-state index contributed by atoms with van der Waals surface area (Å²) in [6.07, 6.45) is -1.74. The van der Waals surface area contributed by atoms with Crippen molar-refractivity contribution in [2.75, 3.05) is 13.1 Å². The van der Waals surface area contributed by atoms with Gasteiger partial charge in [0.1, 0.15) is 5.69 Å². The molecule has 0 saturated carbocycles. The Morgan fingerprint density at radius 1 is 1.11 bits per heavy atom. The molecule has 2 N–H and O–H groups in total. The number of rotatable bonds is 1. The highest BCUT2D eigenvalue weighted by Gasteiger charge is 2.33. The lowest BCUT2D eigenvalue weighted by Gasteiger charge is -2.14.